The number of hydrogen-bond donors (Lipinski definition) is 6. The SMILES string of the molecule is NC(N)=NCCN1CCCCCCC1.O=S(=O)(O)O.O=S(=O)(O)O. The van der Waals surface area contributed by atoms with Crippen LogP contribution in [-0.4, -0.2) is 72.1 Å². The van der Waals surface area contributed by atoms with Gasteiger partial charge in [-0.05, 0) is 25.9 Å². The summed E-state index contributed by atoms with van der Waals surface area (Å²) >= 11 is 0. The Morgan fingerprint density at radius 3 is 1.50 bits per heavy atom. The number of nitrogens with zero attached hydrogens (tertiary/aromatic N) is 2. The number of hydrogen-bond acceptors (Lipinski definition) is 6. The summed E-state index contributed by atoms with van der Waals surface area (Å²) in [5, 5.41) is 0. The molecule has 1 rings (SSSR count). The minimum absolute atomic E-state index is 0.206. The highest BCUT2D eigenvalue weighted by Crippen LogP contribution is 2.09. The van der Waals surface area contributed by atoms with Crippen LogP contribution in [0.1, 0.15) is 32.1 Å². The van der Waals surface area contributed by atoms with E-state index in [4.69, 9.17) is 46.5 Å². The molecule has 0 aromatic heterocycles. The molecule has 14 heteroatoms. The average Bonchev–Trinajstić information content (AvgIpc) is 2.26. The summed E-state index contributed by atoms with van der Waals surface area (Å²) < 4.78 is 63.2. The Morgan fingerprint density at radius 2 is 1.17 bits per heavy atom. The molecule has 0 saturated carbocycles. The normalized spacial score (nSPS) is 16.3. The number of likely N-dealkylation sites (tertiary alicyclic amines) is 1. The lowest BCUT2D eigenvalue weighted by atomic mass is 10.1. The van der Waals surface area contributed by atoms with Crippen LogP contribution in [0.15, 0.2) is 4.99 Å². The molecular formula is C10H26N4O8S2. The molecule has 1 saturated heterocycles. The summed E-state index contributed by atoms with van der Waals surface area (Å²) in [4.78, 5) is 6.47. The molecule has 12 nitrogen and oxygen atoms in total. The van der Waals surface area contributed by atoms with Crippen molar-refractivity contribution in [2.45, 2.75) is 32.1 Å². The monoisotopic (exact) mass is 394 g/mol. The Bertz CT molecular complexity index is 491. The van der Waals surface area contributed by atoms with Crippen LogP contribution in [0, 0.1) is 0 Å². The van der Waals surface area contributed by atoms with Crippen molar-refractivity contribution in [2.75, 3.05) is 26.2 Å². The summed E-state index contributed by atoms with van der Waals surface area (Å²) in [5.74, 6) is 0.206. The third-order valence-corrected chi connectivity index (χ3v) is 2.66. The standard InChI is InChI=1S/C10H22N4.2H2O4S/c11-10(12)13-6-9-14-7-4-2-1-3-5-8-14;2*1-5(2,3)4/h1-9H2,(H4,11,12,13);2*(H2,1,2,3,4). The van der Waals surface area contributed by atoms with Crippen molar-refractivity contribution in [3.8, 4) is 0 Å². The fourth-order valence-electron chi connectivity index (χ4n) is 1.86. The minimum atomic E-state index is -4.67. The molecule has 0 amide bonds. The Hall–Kier alpha value is -1.03. The molecule has 0 unspecified atom stereocenters. The van der Waals surface area contributed by atoms with Gasteiger partial charge in [-0.2, -0.15) is 16.8 Å². The van der Waals surface area contributed by atoms with Gasteiger partial charge in [0, 0.05) is 6.54 Å². The topological polar surface area (TPSA) is 217 Å². The van der Waals surface area contributed by atoms with Crippen molar-refractivity contribution >= 4 is 26.8 Å². The van der Waals surface area contributed by atoms with Crippen LogP contribution in [0.2, 0.25) is 0 Å². The van der Waals surface area contributed by atoms with Crippen molar-refractivity contribution in [1.82, 2.24) is 4.90 Å². The second kappa shape index (κ2) is 13.3. The Kier molecular flexibility index (Phi) is 14.0. The van der Waals surface area contributed by atoms with Crippen LogP contribution in [0.25, 0.3) is 0 Å². The van der Waals surface area contributed by atoms with Gasteiger partial charge >= 0.3 is 20.8 Å². The lowest BCUT2D eigenvalue weighted by Crippen LogP contribution is -2.31. The van der Waals surface area contributed by atoms with E-state index < -0.39 is 20.8 Å². The van der Waals surface area contributed by atoms with Gasteiger partial charge in [0.25, 0.3) is 0 Å². The van der Waals surface area contributed by atoms with E-state index in [1.165, 1.54) is 45.2 Å². The van der Waals surface area contributed by atoms with Gasteiger partial charge in [0.2, 0.25) is 0 Å². The molecule has 0 aromatic rings. The van der Waals surface area contributed by atoms with E-state index in [2.05, 4.69) is 9.89 Å². The number of guanidine groups is 1. The van der Waals surface area contributed by atoms with Crippen LogP contribution >= 0.6 is 0 Å². The molecule has 1 heterocycles. The van der Waals surface area contributed by atoms with E-state index in [1.54, 1.807) is 0 Å². The van der Waals surface area contributed by atoms with E-state index in [9.17, 15) is 0 Å². The zero-order valence-electron chi connectivity index (χ0n) is 13.2. The zero-order valence-corrected chi connectivity index (χ0v) is 14.8. The maximum absolute atomic E-state index is 8.74. The first-order valence-corrected chi connectivity index (χ1v) is 9.76. The first-order valence-electron chi connectivity index (χ1n) is 6.96. The smallest absolute Gasteiger partial charge is 0.370 e. The second-order valence-corrected chi connectivity index (χ2v) is 6.60. The molecular weight excluding hydrogens is 368 g/mol. The summed E-state index contributed by atoms with van der Waals surface area (Å²) in [7, 11) is -9.33. The minimum Gasteiger partial charge on any atom is -0.370 e. The zero-order chi connectivity index (χ0) is 19.2. The molecule has 0 bridgehead atoms. The van der Waals surface area contributed by atoms with Crippen LogP contribution in [0.5, 0.6) is 0 Å². The van der Waals surface area contributed by atoms with Crippen molar-refractivity contribution in [3.05, 3.63) is 0 Å². The van der Waals surface area contributed by atoms with Crippen molar-refractivity contribution in [3.63, 3.8) is 0 Å². The number of rotatable bonds is 3. The molecule has 0 aliphatic carbocycles. The quantitative estimate of drug-likeness (QED) is 0.198. The molecule has 8 N–H and O–H groups in total. The average molecular weight is 394 g/mol. The molecule has 24 heavy (non-hydrogen) atoms. The maximum atomic E-state index is 8.74. The van der Waals surface area contributed by atoms with Gasteiger partial charge in [0.05, 0.1) is 6.54 Å². The van der Waals surface area contributed by atoms with Gasteiger partial charge in [0.1, 0.15) is 0 Å². The lowest BCUT2D eigenvalue weighted by Gasteiger charge is -2.23. The predicted octanol–water partition coefficient (Wildman–Crippen LogP) is -0.780. The molecule has 1 aliphatic heterocycles. The van der Waals surface area contributed by atoms with Gasteiger partial charge in [-0.15, -0.1) is 0 Å². The first kappa shape index (κ1) is 25.2. The summed E-state index contributed by atoms with van der Waals surface area (Å²) in [6.07, 6.45) is 6.79. The second-order valence-electron chi connectivity index (χ2n) is 4.81. The third-order valence-electron chi connectivity index (χ3n) is 2.66. The predicted molar refractivity (Wildman–Crippen MR) is 88.6 cm³/mol. The summed E-state index contributed by atoms with van der Waals surface area (Å²) in [5.41, 5.74) is 10.5. The van der Waals surface area contributed by atoms with E-state index in [-0.39, 0.29) is 5.96 Å². The highest BCUT2D eigenvalue weighted by molar-refractivity contribution is 7.80. The molecule has 0 radical (unpaired) electrons. The summed E-state index contributed by atoms with van der Waals surface area (Å²) in [6.45, 7) is 4.15. The Labute approximate surface area is 142 Å². The van der Waals surface area contributed by atoms with Crippen LogP contribution in [0.3, 0.4) is 0 Å². The fraction of sp³-hybridized carbons (Fsp3) is 0.900. The third kappa shape index (κ3) is 37.3. The number of nitrogens with two attached hydrogens (primary N) is 2. The van der Waals surface area contributed by atoms with Gasteiger partial charge in [-0.25, -0.2) is 0 Å². The highest BCUT2D eigenvalue weighted by Gasteiger charge is 2.06. The van der Waals surface area contributed by atoms with E-state index in [0.29, 0.717) is 0 Å². The fourth-order valence-corrected chi connectivity index (χ4v) is 1.86. The van der Waals surface area contributed by atoms with Gasteiger partial charge in [-0.1, -0.05) is 19.3 Å². The van der Waals surface area contributed by atoms with Crippen molar-refractivity contribution in [2.24, 2.45) is 16.5 Å². The van der Waals surface area contributed by atoms with Gasteiger partial charge in [0.15, 0.2) is 5.96 Å². The molecule has 0 aromatic carbocycles. The number of aliphatic imine (C=N–C) groups is 1. The molecule has 0 spiro atoms. The summed E-state index contributed by atoms with van der Waals surface area (Å²) in [6, 6.07) is 0. The largest absolute Gasteiger partial charge is 0.394 e. The Balaban J connectivity index is 0. The molecule has 146 valence electrons. The van der Waals surface area contributed by atoms with E-state index in [1.807, 2.05) is 0 Å². The lowest BCUT2D eigenvalue weighted by molar-refractivity contribution is 0.254. The van der Waals surface area contributed by atoms with Crippen molar-refractivity contribution < 1.29 is 35.0 Å². The molecule has 1 aliphatic rings. The van der Waals surface area contributed by atoms with Gasteiger partial charge < -0.3 is 16.4 Å². The van der Waals surface area contributed by atoms with Gasteiger partial charge in [-0.3, -0.25) is 23.2 Å². The van der Waals surface area contributed by atoms with E-state index >= 15 is 0 Å². The molecule has 0 atom stereocenters. The van der Waals surface area contributed by atoms with Crippen LogP contribution < -0.4 is 11.5 Å². The van der Waals surface area contributed by atoms with Crippen molar-refractivity contribution in [1.29, 1.82) is 0 Å². The highest BCUT2D eigenvalue weighted by atomic mass is 32.3. The Morgan fingerprint density at radius 1 is 0.833 bits per heavy atom. The maximum Gasteiger partial charge on any atom is 0.394 e. The van der Waals surface area contributed by atoms with E-state index in [0.717, 1.165) is 13.1 Å². The van der Waals surface area contributed by atoms with Crippen LogP contribution in [-0.2, 0) is 20.8 Å². The molecule has 1 fully saturated rings. The first-order chi connectivity index (χ1) is 10.8. The van der Waals surface area contributed by atoms with Crippen LogP contribution in [0.4, 0.5) is 0 Å².